The molecule has 0 unspecified atom stereocenters. The Morgan fingerprint density at radius 3 is 2.70 bits per heavy atom. The molecule has 20 heavy (non-hydrogen) atoms. The highest BCUT2D eigenvalue weighted by atomic mass is 32.2. The van der Waals surface area contributed by atoms with Crippen molar-refractivity contribution >= 4 is 27.2 Å². The SMILES string of the molecule is O=C(NCCc1ccsc1)NCC1CCS(=O)(=O)CC1. The van der Waals surface area contributed by atoms with Gasteiger partial charge in [0.25, 0.3) is 0 Å². The summed E-state index contributed by atoms with van der Waals surface area (Å²) in [4.78, 5) is 11.6. The Morgan fingerprint density at radius 1 is 1.30 bits per heavy atom. The first-order valence-corrected chi connectivity index (χ1v) is 9.55. The van der Waals surface area contributed by atoms with E-state index in [0.717, 1.165) is 6.42 Å². The van der Waals surface area contributed by atoms with Crippen LogP contribution in [0, 0.1) is 5.92 Å². The lowest BCUT2D eigenvalue weighted by Crippen LogP contribution is -2.40. The van der Waals surface area contributed by atoms with Gasteiger partial charge in [0, 0.05) is 13.1 Å². The highest BCUT2D eigenvalue weighted by Gasteiger charge is 2.23. The first-order valence-electron chi connectivity index (χ1n) is 6.78. The molecular formula is C13H20N2O3S2. The molecule has 7 heteroatoms. The lowest BCUT2D eigenvalue weighted by molar-refractivity contribution is 0.238. The lowest BCUT2D eigenvalue weighted by Gasteiger charge is -2.22. The van der Waals surface area contributed by atoms with E-state index in [0.29, 0.717) is 25.9 Å². The summed E-state index contributed by atoms with van der Waals surface area (Å²) < 4.78 is 22.6. The molecule has 2 heterocycles. The van der Waals surface area contributed by atoms with Crippen LogP contribution in [0.1, 0.15) is 18.4 Å². The fourth-order valence-corrected chi connectivity index (χ4v) is 4.49. The molecule has 0 atom stereocenters. The van der Waals surface area contributed by atoms with Gasteiger partial charge in [-0.25, -0.2) is 13.2 Å². The summed E-state index contributed by atoms with van der Waals surface area (Å²) >= 11 is 1.65. The molecule has 1 aliphatic heterocycles. The third-order valence-corrected chi connectivity index (χ3v) is 5.95. The predicted octanol–water partition coefficient (Wildman–Crippen LogP) is 1.41. The Bertz CT molecular complexity index is 512. The summed E-state index contributed by atoms with van der Waals surface area (Å²) in [6, 6.07) is 1.88. The van der Waals surface area contributed by atoms with E-state index >= 15 is 0 Å². The van der Waals surface area contributed by atoms with Crippen LogP contribution < -0.4 is 10.6 Å². The minimum atomic E-state index is -2.82. The third kappa shape index (κ3) is 5.13. The fourth-order valence-electron chi connectivity index (χ4n) is 2.20. The number of nitrogens with one attached hydrogen (secondary N) is 2. The van der Waals surface area contributed by atoms with E-state index in [2.05, 4.69) is 16.0 Å². The Morgan fingerprint density at radius 2 is 2.05 bits per heavy atom. The zero-order valence-electron chi connectivity index (χ0n) is 11.3. The van der Waals surface area contributed by atoms with Crippen molar-refractivity contribution in [3.63, 3.8) is 0 Å². The maximum Gasteiger partial charge on any atom is 0.314 e. The van der Waals surface area contributed by atoms with E-state index in [1.807, 2.05) is 11.4 Å². The molecule has 2 N–H and O–H groups in total. The zero-order chi connectivity index (χ0) is 14.4. The van der Waals surface area contributed by atoms with Gasteiger partial charge in [0.05, 0.1) is 11.5 Å². The van der Waals surface area contributed by atoms with Crippen molar-refractivity contribution in [3.8, 4) is 0 Å². The highest BCUT2D eigenvalue weighted by Crippen LogP contribution is 2.17. The van der Waals surface area contributed by atoms with Crippen LogP contribution in [-0.2, 0) is 16.3 Å². The van der Waals surface area contributed by atoms with Crippen LogP contribution in [0.4, 0.5) is 4.79 Å². The number of carbonyl (C=O) groups excluding carboxylic acids is 1. The lowest BCUT2D eigenvalue weighted by atomic mass is 10.0. The highest BCUT2D eigenvalue weighted by molar-refractivity contribution is 7.91. The number of carbonyl (C=O) groups is 1. The van der Waals surface area contributed by atoms with Gasteiger partial charge in [0.1, 0.15) is 9.84 Å². The van der Waals surface area contributed by atoms with Crippen LogP contribution in [0.3, 0.4) is 0 Å². The summed E-state index contributed by atoms with van der Waals surface area (Å²) in [6.45, 7) is 1.17. The molecule has 0 bridgehead atoms. The molecular weight excluding hydrogens is 296 g/mol. The number of hydrogen-bond donors (Lipinski definition) is 2. The number of sulfone groups is 1. The van der Waals surface area contributed by atoms with E-state index in [1.54, 1.807) is 11.3 Å². The number of rotatable bonds is 5. The monoisotopic (exact) mass is 316 g/mol. The second-order valence-corrected chi connectivity index (χ2v) is 8.20. The largest absolute Gasteiger partial charge is 0.338 e. The molecule has 1 aliphatic rings. The van der Waals surface area contributed by atoms with Gasteiger partial charge in [-0.2, -0.15) is 11.3 Å². The molecule has 2 amide bonds. The average Bonchev–Trinajstić information content (AvgIpc) is 2.91. The normalized spacial score (nSPS) is 18.6. The van der Waals surface area contributed by atoms with E-state index in [4.69, 9.17) is 0 Å². The van der Waals surface area contributed by atoms with Crippen molar-refractivity contribution in [2.75, 3.05) is 24.6 Å². The minimum absolute atomic E-state index is 0.173. The Balaban J connectivity index is 1.58. The summed E-state index contributed by atoms with van der Waals surface area (Å²) in [5.74, 6) is 0.777. The first kappa shape index (κ1) is 15.3. The molecule has 0 aromatic carbocycles. The average molecular weight is 316 g/mol. The number of hydrogen-bond acceptors (Lipinski definition) is 4. The molecule has 0 saturated carbocycles. The van der Waals surface area contributed by atoms with Crippen LogP contribution in [0.25, 0.3) is 0 Å². The van der Waals surface area contributed by atoms with Gasteiger partial charge in [-0.15, -0.1) is 0 Å². The van der Waals surface area contributed by atoms with Crippen LogP contribution in [0.5, 0.6) is 0 Å². The molecule has 1 aromatic rings. The summed E-state index contributed by atoms with van der Waals surface area (Å²) in [5, 5.41) is 9.72. The predicted molar refractivity (Wildman–Crippen MR) is 80.8 cm³/mol. The zero-order valence-corrected chi connectivity index (χ0v) is 12.9. The molecule has 0 aliphatic carbocycles. The molecule has 1 saturated heterocycles. The Kier molecular flexibility index (Phi) is 5.42. The van der Waals surface area contributed by atoms with Gasteiger partial charge >= 0.3 is 6.03 Å². The van der Waals surface area contributed by atoms with Crippen molar-refractivity contribution in [2.24, 2.45) is 5.92 Å². The van der Waals surface area contributed by atoms with Crippen LogP contribution in [0.15, 0.2) is 16.8 Å². The van der Waals surface area contributed by atoms with E-state index in [-0.39, 0.29) is 23.5 Å². The standard InChI is InChI=1S/C13H20N2O3S2/c16-13(14-5-1-12-2-6-19-10-12)15-9-11-3-7-20(17,18)8-4-11/h2,6,10-11H,1,3-5,7-9H2,(H2,14,15,16). The quantitative estimate of drug-likeness (QED) is 0.862. The number of amides is 2. The smallest absolute Gasteiger partial charge is 0.314 e. The van der Waals surface area contributed by atoms with Crippen LogP contribution >= 0.6 is 11.3 Å². The van der Waals surface area contributed by atoms with E-state index in [9.17, 15) is 13.2 Å². The maximum absolute atomic E-state index is 11.6. The number of urea groups is 1. The summed E-state index contributed by atoms with van der Waals surface area (Å²) in [6.07, 6.45) is 2.13. The Hall–Kier alpha value is -1.08. The summed E-state index contributed by atoms with van der Waals surface area (Å²) in [5.41, 5.74) is 1.23. The maximum atomic E-state index is 11.6. The van der Waals surface area contributed by atoms with Gasteiger partial charge in [0.15, 0.2) is 0 Å². The second-order valence-electron chi connectivity index (χ2n) is 5.11. The molecule has 1 aromatic heterocycles. The molecule has 2 rings (SSSR count). The van der Waals surface area contributed by atoms with Crippen molar-refractivity contribution in [2.45, 2.75) is 19.3 Å². The van der Waals surface area contributed by atoms with Gasteiger partial charge in [-0.05, 0) is 47.6 Å². The van der Waals surface area contributed by atoms with Gasteiger partial charge in [-0.1, -0.05) is 0 Å². The molecule has 112 valence electrons. The van der Waals surface area contributed by atoms with Gasteiger partial charge < -0.3 is 10.6 Å². The second kappa shape index (κ2) is 7.08. The van der Waals surface area contributed by atoms with Gasteiger partial charge in [0.2, 0.25) is 0 Å². The van der Waals surface area contributed by atoms with Gasteiger partial charge in [-0.3, -0.25) is 0 Å². The molecule has 1 fully saturated rings. The van der Waals surface area contributed by atoms with Crippen LogP contribution in [-0.4, -0.2) is 39.0 Å². The fraction of sp³-hybridized carbons (Fsp3) is 0.615. The number of thiophene rings is 1. The third-order valence-electron chi connectivity index (χ3n) is 3.50. The molecule has 0 spiro atoms. The van der Waals surface area contributed by atoms with Crippen molar-refractivity contribution in [1.82, 2.24) is 10.6 Å². The minimum Gasteiger partial charge on any atom is -0.338 e. The van der Waals surface area contributed by atoms with Crippen LogP contribution in [0.2, 0.25) is 0 Å². The van der Waals surface area contributed by atoms with Crippen molar-refractivity contribution in [1.29, 1.82) is 0 Å². The topological polar surface area (TPSA) is 75.3 Å². The van der Waals surface area contributed by atoms with Crippen molar-refractivity contribution < 1.29 is 13.2 Å². The van der Waals surface area contributed by atoms with Crippen molar-refractivity contribution in [3.05, 3.63) is 22.4 Å². The summed E-state index contributed by atoms with van der Waals surface area (Å²) in [7, 11) is -2.82. The van der Waals surface area contributed by atoms with E-state index < -0.39 is 9.84 Å². The molecule has 5 nitrogen and oxygen atoms in total. The first-order chi connectivity index (χ1) is 9.55. The van der Waals surface area contributed by atoms with E-state index in [1.165, 1.54) is 5.56 Å². The molecule has 0 radical (unpaired) electrons. The Labute approximate surface area is 123 Å².